The molecule has 0 radical (unpaired) electrons. The molecule has 1 aromatic heterocycles. The number of pyridine rings is 1. The lowest BCUT2D eigenvalue weighted by molar-refractivity contribution is -0.134. The number of aryl methyl sites for hydroxylation is 1. The van der Waals surface area contributed by atoms with E-state index in [2.05, 4.69) is 4.98 Å². The number of halogens is 1. The number of carbonyl (C=O) groups is 2. The average molecular weight is 308 g/mol. The summed E-state index contributed by atoms with van der Waals surface area (Å²) < 4.78 is 0. The summed E-state index contributed by atoms with van der Waals surface area (Å²) in [6, 6.07) is 3.34. The molecule has 0 spiro atoms. The molecule has 0 atom stereocenters. The van der Waals surface area contributed by atoms with Crippen molar-refractivity contribution in [2.75, 3.05) is 26.2 Å². The number of carbonyl (C=O) groups excluding carboxylic acids is 2. The number of piperazine rings is 1. The second-order valence-electron chi connectivity index (χ2n) is 5.71. The van der Waals surface area contributed by atoms with Crippen molar-refractivity contribution in [3.05, 3.63) is 28.5 Å². The predicted molar refractivity (Wildman–Crippen MR) is 79.2 cm³/mol. The number of nitrogens with zero attached hydrogens (tertiary/aromatic N) is 3. The van der Waals surface area contributed by atoms with Crippen LogP contribution in [0.4, 0.5) is 0 Å². The molecule has 0 aromatic carbocycles. The summed E-state index contributed by atoms with van der Waals surface area (Å²) in [6.07, 6.45) is 2.04. The van der Waals surface area contributed by atoms with Crippen LogP contribution in [-0.4, -0.2) is 52.8 Å². The highest BCUT2D eigenvalue weighted by molar-refractivity contribution is 6.29. The van der Waals surface area contributed by atoms with Gasteiger partial charge in [0.2, 0.25) is 5.91 Å². The van der Waals surface area contributed by atoms with Crippen molar-refractivity contribution in [2.45, 2.75) is 19.8 Å². The van der Waals surface area contributed by atoms with E-state index >= 15 is 0 Å². The fraction of sp³-hybridized carbons (Fsp3) is 0.533. The Kier molecular flexibility index (Phi) is 3.85. The lowest BCUT2D eigenvalue weighted by Crippen LogP contribution is -2.51. The zero-order valence-corrected chi connectivity index (χ0v) is 12.8. The third kappa shape index (κ3) is 3.18. The molecule has 1 saturated carbocycles. The molecule has 6 heteroatoms. The van der Waals surface area contributed by atoms with Crippen LogP contribution in [0, 0.1) is 12.8 Å². The number of hydrogen-bond acceptors (Lipinski definition) is 3. The van der Waals surface area contributed by atoms with Gasteiger partial charge in [0.05, 0.1) is 0 Å². The summed E-state index contributed by atoms with van der Waals surface area (Å²) in [5, 5.41) is 0.334. The number of aromatic nitrogens is 1. The highest BCUT2D eigenvalue weighted by Gasteiger charge is 2.35. The van der Waals surface area contributed by atoms with Gasteiger partial charge in [-0.05, 0) is 31.9 Å². The second-order valence-corrected chi connectivity index (χ2v) is 6.10. The third-order valence-electron chi connectivity index (χ3n) is 3.97. The summed E-state index contributed by atoms with van der Waals surface area (Å²) in [6.45, 7) is 4.22. The van der Waals surface area contributed by atoms with Gasteiger partial charge in [0.15, 0.2) is 0 Å². The van der Waals surface area contributed by atoms with Crippen LogP contribution in [0.15, 0.2) is 12.1 Å². The first-order valence-electron chi connectivity index (χ1n) is 7.27. The van der Waals surface area contributed by atoms with Crippen molar-refractivity contribution in [1.82, 2.24) is 14.8 Å². The predicted octanol–water partition coefficient (Wildman–Crippen LogP) is 1.74. The fourth-order valence-electron chi connectivity index (χ4n) is 2.65. The summed E-state index contributed by atoms with van der Waals surface area (Å²) in [4.78, 5) is 32.2. The topological polar surface area (TPSA) is 53.5 Å². The van der Waals surface area contributed by atoms with E-state index in [1.807, 2.05) is 11.8 Å². The molecule has 1 aliphatic heterocycles. The largest absolute Gasteiger partial charge is 0.339 e. The molecule has 2 heterocycles. The molecule has 0 N–H and O–H groups in total. The zero-order valence-electron chi connectivity index (χ0n) is 12.0. The third-order valence-corrected chi connectivity index (χ3v) is 4.17. The standard InChI is InChI=1S/C15H18ClN3O2/c1-10-8-12(9-13(16)17-10)15(21)19-6-4-18(5-7-19)14(20)11-2-3-11/h8-9,11H,2-7H2,1H3. The van der Waals surface area contributed by atoms with E-state index in [0.29, 0.717) is 36.9 Å². The minimum absolute atomic E-state index is 0.0408. The van der Waals surface area contributed by atoms with Crippen LogP contribution in [0.25, 0.3) is 0 Å². The fourth-order valence-corrected chi connectivity index (χ4v) is 2.90. The summed E-state index contributed by atoms with van der Waals surface area (Å²) in [5.74, 6) is 0.458. The molecule has 2 aliphatic rings. The SMILES string of the molecule is Cc1cc(C(=O)N2CCN(C(=O)C3CC3)CC2)cc(Cl)n1. The monoisotopic (exact) mass is 307 g/mol. The molecule has 112 valence electrons. The lowest BCUT2D eigenvalue weighted by atomic mass is 10.2. The molecule has 2 amide bonds. The van der Waals surface area contributed by atoms with Gasteiger partial charge in [-0.15, -0.1) is 0 Å². The Labute approximate surface area is 128 Å². The van der Waals surface area contributed by atoms with Gasteiger partial charge in [-0.1, -0.05) is 11.6 Å². The maximum absolute atomic E-state index is 12.5. The highest BCUT2D eigenvalue weighted by atomic mass is 35.5. The molecule has 3 rings (SSSR count). The minimum atomic E-state index is -0.0408. The van der Waals surface area contributed by atoms with Crippen LogP contribution in [0.3, 0.4) is 0 Å². The van der Waals surface area contributed by atoms with Gasteiger partial charge < -0.3 is 9.80 Å². The highest BCUT2D eigenvalue weighted by Crippen LogP contribution is 2.31. The molecule has 1 aliphatic carbocycles. The van der Waals surface area contributed by atoms with Crippen molar-refractivity contribution >= 4 is 23.4 Å². The number of hydrogen-bond donors (Lipinski definition) is 0. The Morgan fingerprint density at radius 2 is 1.76 bits per heavy atom. The molecular weight excluding hydrogens is 290 g/mol. The molecule has 21 heavy (non-hydrogen) atoms. The Morgan fingerprint density at radius 1 is 1.14 bits per heavy atom. The molecule has 1 aromatic rings. The van der Waals surface area contributed by atoms with E-state index in [9.17, 15) is 9.59 Å². The molecule has 2 fully saturated rings. The van der Waals surface area contributed by atoms with Crippen molar-refractivity contribution in [3.8, 4) is 0 Å². The summed E-state index contributed by atoms with van der Waals surface area (Å²) in [5.41, 5.74) is 1.29. The van der Waals surface area contributed by atoms with E-state index < -0.39 is 0 Å². The van der Waals surface area contributed by atoms with Gasteiger partial charge in [-0.3, -0.25) is 9.59 Å². The van der Waals surface area contributed by atoms with Crippen LogP contribution in [0.5, 0.6) is 0 Å². The first kappa shape index (κ1) is 14.3. The van der Waals surface area contributed by atoms with E-state index in [1.165, 1.54) is 0 Å². The average Bonchev–Trinajstić information content (AvgIpc) is 3.29. The molecule has 1 saturated heterocycles. The van der Waals surface area contributed by atoms with E-state index in [-0.39, 0.29) is 17.7 Å². The van der Waals surface area contributed by atoms with Crippen molar-refractivity contribution in [3.63, 3.8) is 0 Å². The normalized spacial score (nSPS) is 18.8. The van der Waals surface area contributed by atoms with Gasteiger partial charge in [0.25, 0.3) is 5.91 Å². The van der Waals surface area contributed by atoms with Gasteiger partial charge in [0, 0.05) is 43.4 Å². The van der Waals surface area contributed by atoms with E-state index in [4.69, 9.17) is 11.6 Å². The van der Waals surface area contributed by atoms with Gasteiger partial charge in [-0.25, -0.2) is 4.98 Å². The summed E-state index contributed by atoms with van der Waals surface area (Å²) >= 11 is 5.90. The molecule has 0 unspecified atom stereocenters. The number of rotatable bonds is 2. The van der Waals surface area contributed by atoms with Crippen molar-refractivity contribution in [2.24, 2.45) is 5.92 Å². The van der Waals surface area contributed by atoms with Crippen LogP contribution in [0.2, 0.25) is 5.15 Å². The Morgan fingerprint density at radius 3 is 2.33 bits per heavy atom. The molecule has 0 bridgehead atoms. The van der Waals surface area contributed by atoms with Crippen LogP contribution in [0.1, 0.15) is 28.9 Å². The molecular formula is C15H18ClN3O2. The Hall–Kier alpha value is -1.62. The first-order valence-corrected chi connectivity index (χ1v) is 7.64. The number of amides is 2. The zero-order chi connectivity index (χ0) is 15.0. The Bertz CT molecular complexity index is 558. The molecule has 5 nitrogen and oxygen atoms in total. The minimum Gasteiger partial charge on any atom is -0.339 e. The van der Waals surface area contributed by atoms with Crippen LogP contribution >= 0.6 is 11.6 Å². The van der Waals surface area contributed by atoms with E-state index in [1.54, 1.807) is 17.0 Å². The smallest absolute Gasteiger partial charge is 0.254 e. The van der Waals surface area contributed by atoms with Gasteiger partial charge in [0.1, 0.15) is 5.15 Å². The summed E-state index contributed by atoms with van der Waals surface area (Å²) in [7, 11) is 0. The Balaban J connectivity index is 1.63. The van der Waals surface area contributed by atoms with Crippen molar-refractivity contribution in [1.29, 1.82) is 0 Å². The van der Waals surface area contributed by atoms with Crippen molar-refractivity contribution < 1.29 is 9.59 Å². The van der Waals surface area contributed by atoms with Crippen LogP contribution in [-0.2, 0) is 4.79 Å². The van der Waals surface area contributed by atoms with E-state index in [0.717, 1.165) is 18.5 Å². The first-order chi connectivity index (χ1) is 10.0. The lowest BCUT2D eigenvalue weighted by Gasteiger charge is -2.35. The second kappa shape index (κ2) is 5.64. The van der Waals surface area contributed by atoms with Gasteiger partial charge in [-0.2, -0.15) is 0 Å². The van der Waals surface area contributed by atoms with Gasteiger partial charge >= 0.3 is 0 Å². The maximum Gasteiger partial charge on any atom is 0.254 e. The van der Waals surface area contributed by atoms with Crippen LogP contribution < -0.4 is 0 Å². The quantitative estimate of drug-likeness (QED) is 0.782. The maximum atomic E-state index is 12.5.